The van der Waals surface area contributed by atoms with Crippen LogP contribution in [0.1, 0.15) is 54.4 Å². The third-order valence-electron chi connectivity index (χ3n) is 6.93. The van der Waals surface area contributed by atoms with Crippen molar-refractivity contribution in [2.24, 2.45) is 5.92 Å². The topological polar surface area (TPSA) is 60.9 Å². The molecular weight excluding hydrogens is 436 g/mol. The van der Waals surface area contributed by atoms with Crippen LogP contribution in [0.4, 0.5) is 8.78 Å². The number of Topliss-reactive ketones (excluding diaryl/α,β-unsaturated/α-hetero) is 1. The van der Waals surface area contributed by atoms with Gasteiger partial charge in [0.05, 0.1) is 16.7 Å². The predicted octanol–water partition coefficient (Wildman–Crippen LogP) is 7.00. The molecule has 34 heavy (non-hydrogen) atoms. The number of hydrogen-bond donors (Lipinski definition) is 0. The molecule has 7 heteroatoms. The van der Waals surface area contributed by atoms with E-state index >= 15 is 0 Å². The summed E-state index contributed by atoms with van der Waals surface area (Å²) in [6.07, 6.45) is 4.66. The van der Waals surface area contributed by atoms with Gasteiger partial charge in [-0.2, -0.15) is 0 Å². The first-order chi connectivity index (χ1) is 16.2. The number of fused-ring (bicyclic) bond motifs is 1. The summed E-state index contributed by atoms with van der Waals surface area (Å²) in [4.78, 5) is 17.1. The highest BCUT2D eigenvalue weighted by molar-refractivity contribution is 6.05. The van der Waals surface area contributed by atoms with Crippen molar-refractivity contribution < 1.29 is 18.1 Å². The predicted molar refractivity (Wildman–Crippen MR) is 127 cm³/mol. The van der Waals surface area contributed by atoms with Crippen LogP contribution in [0.15, 0.2) is 47.2 Å². The second-order valence-electron chi connectivity index (χ2n) is 9.39. The smallest absolute Gasteiger partial charge is 0.248 e. The molecule has 5 nitrogen and oxygen atoms in total. The Hall–Kier alpha value is -3.35. The van der Waals surface area contributed by atoms with Crippen molar-refractivity contribution in [2.45, 2.75) is 58.9 Å². The number of aryl methyl sites for hydroxylation is 2. The summed E-state index contributed by atoms with van der Waals surface area (Å²) in [6, 6.07) is 9.58. The highest BCUT2D eigenvalue weighted by atomic mass is 19.3. The molecule has 1 aromatic carbocycles. The van der Waals surface area contributed by atoms with Gasteiger partial charge in [0, 0.05) is 54.0 Å². The Morgan fingerprint density at radius 3 is 2.59 bits per heavy atom. The van der Waals surface area contributed by atoms with Gasteiger partial charge in [-0.05, 0) is 51.2 Å². The summed E-state index contributed by atoms with van der Waals surface area (Å²) in [5.74, 6) is -1.69. The zero-order valence-electron chi connectivity index (χ0n) is 19.6. The maximum Gasteiger partial charge on any atom is 0.248 e. The fourth-order valence-corrected chi connectivity index (χ4v) is 5.13. The highest BCUT2D eigenvalue weighted by Crippen LogP contribution is 2.39. The number of pyridine rings is 1. The lowest BCUT2D eigenvalue weighted by molar-refractivity contribution is -0.0472. The molecule has 176 valence electrons. The number of benzene rings is 1. The zero-order chi connectivity index (χ0) is 24.0. The maximum absolute atomic E-state index is 13.7. The average Bonchev–Trinajstić information content (AvgIpc) is 3.34. The SMILES string of the molecule is CC(=O)c1ccccc1-c1cn(CC2CCC(F)(F)CC2)c2cc(-c3c(C)noc3C)cnc12. The number of carbonyl (C=O) groups is 1. The number of alkyl halides is 2. The normalized spacial score (nSPS) is 16.3. The van der Waals surface area contributed by atoms with Crippen LogP contribution in [-0.4, -0.2) is 26.4 Å². The molecule has 0 N–H and O–H groups in total. The molecule has 4 aromatic rings. The van der Waals surface area contributed by atoms with Crippen molar-refractivity contribution in [2.75, 3.05) is 0 Å². The van der Waals surface area contributed by atoms with Crippen molar-refractivity contribution in [1.29, 1.82) is 0 Å². The van der Waals surface area contributed by atoms with Crippen molar-refractivity contribution in [3.8, 4) is 22.3 Å². The molecule has 0 bridgehead atoms. The van der Waals surface area contributed by atoms with Gasteiger partial charge in [-0.25, -0.2) is 8.78 Å². The van der Waals surface area contributed by atoms with E-state index in [1.165, 1.54) is 0 Å². The molecule has 0 aliphatic heterocycles. The number of carbonyl (C=O) groups excluding carboxylic acids is 1. The Bertz CT molecular complexity index is 1360. The van der Waals surface area contributed by atoms with Crippen LogP contribution in [0.2, 0.25) is 0 Å². The van der Waals surface area contributed by atoms with Crippen LogP contribution in [0.5, 0.6) is 0 Å². The number of ketones is 1. The minimum absolute atomic E-state index is 0.0154. The van der Waals surface area contributed by atoms with Gasteiger partial charge >= 0.3 is 0 Å². The first-order valence-electron chi connectivity index (χ1n) is 11.6. The van der Waals surface area contributed by atoms with Crippen LogP contribution in [0, 0.1) is 19.8 Å². The second kappa shape index (κ2) is 8.46. The third kappa shape index (κ3) is 4.04. The van der Waals surface area contributed by atoms with E-state index in [0.29, 0.717) is 30.7 Å². The molecule has 0 spiro atoms. The standard InChI is InChI=1S/C27H27F2N3O2/c1-16-25(18(3)34-31-16)20-12-24-26(30-13-20)23(22-7-5-4-6-21(22)17(2)33)15-32(24)14-19-8-10-27(28,29)11-9-19/h4-7,12-13,15,19H,8-11,14H2,1-3H3. The van der Waals surface area contributed by atoms with E-state index in [-0.39, 0.29) is 24.5 Å². The molecular formula is C27H27F2N3O2. The molecule has 0 unspecified atom stereocenters. The number of halogens is 2. The van der Waals surface area contributed by atoms with E-state index in [1.54, 1.807) is 13.1 Å². The zero-order valence-corrected chi connectivity index (χ0v) is 19.6. The van der Waals surface area contributed by atoms with Gasteiger partial charge < -0.3 is 9.09 Å². The average molecular weight is 464 g/mol. The van der Waals surface area contributed by atoms with Crippen molar-refractivity contribution in [3.63, 3.8) is 0 Å². The Labute approximate surface area is 196 Å². The summed E-state index contributed by atoms with van der Waals surface area (Å²) >= 11 is 0. The van der Waals surface area contributed by atoms with E-state index < -0.39 is 5.92 Å². The number of hydrogen-bond acceptors (Lipinski definition) is 4. The van der Waals surface area contributed by atoms with Gasteiger partial charge in [0.25, 0.3) is 0 Å². The first kappa shape index (κ1) is 22.4. The van der Waals surface area contributed by atoms with Crippen molar-refractivity contribution in [1.82, 2.24) is 14.7 Å². The molecule has 1 saturated carbocycles. The third-order valence-corrected chi connectivity index (χ3v) is 6.93. The molecule has 5 rings (SSSR count). The summed E-state index contributed by atoms with van der Waals surface area (Å²) in [5, 5.41) is 4.07. The first-order valence-corrected chi connectivity index (χ1v) is 11.6. The van der Waals surface area contributed by atoms with E-state index in [4.69, 9.17) is 9.51 Å². The quantitative estimate of drug-likeness (QED) is 0.299. The monoisotopic (exact) mass is 463 g/mol. The van der Waals surface area contributed by atoms with E-state index in [9.17, 15) is 13.6 Å². The second-order valence-corrected chi connectivity index (χ2v) is 9.39. The molecule has 3 heterocycles. The van der Waals surface area contributed by atoms with Gasteiger partial charge in [-0.3, -0.25) is 9.78 Å². The van der Waals surface area contributed by atoms with E-state index in [1.807, 2.05) is 44.3 Å². The lowest BCUT2D eigenvalue weighted by atomic mass is 9.87. The van der Waals surface area contributed by atoms with Gasteiger partial charge in [0.1, 0.15) is 5.76 Å². The fourth-order valence-electron chi connectivity index (χ4n) is 5.13. The number of nitrogens with zero attached hydrogens (tertiary/aromatic N) is 3. The molecule has 0 saturated heterocycles. The van der Waals surface area contributed by atoms with Crippen LogP contribution in [0.25, 0.3) is 33.3 Å². The van der Waals surface area contributed by atoms with Crippen LogP contribution in [0.3, 0.4) is 0 Å². The van der Waals surface area contributed by atoms with Gasteiger partial charge in [0.2, 0.25) is 5.92 Å². The molecule has 1 aliphatic carbocycles. The number of aromatic nitrogens is 3. The number of rotatable bonds is 5. The molecule has 0 radical (unpaired) electrons. The largest absolute Gasteiger partial charge is 0.361 e. The van der Waals surface area contributed by atoms with E-state index in [0.717, 1.165) is 39.0 Å². The molecule has 3 aromatic heterocycles. The fraction of sp³-hybridized carbons (Fsp3) is 0.370. The van der Waals surface area contributed by atoms with Crippen LogP contribution >= 0.6 is 0 Å². The van der Waals surface area contributed by atoms with Gasteiger partial charge in [0.15, 0.2) is 5.78 Å². The van der Waals surface area contributed by atoms with Crippen molar-refractivity contribution in [3.05, 3.63) is 59.7 Å². The Morgan fingerprint density at radius 2 is 1.91 bits per heavy atom. The minimum Gasteiger partial charge on any atom is -0.361 e. The summed E-state index contributed by atoms with van der Waals surface area (Å²) < 4.78 is 34.9. The molecule has 0 atom stereocenters. The Morgan fingerprint density at radius 1 is 1.18 bits per heavy atom. The molecule has 1 fully saturated rings. The lowest BCUT2D eigenvalue weighted by Gasteiger charge is -2.28. The Kier molecular flexibility index (Phi) is 5.58. The molecule has 0 amide bonds. The minimum atomic E-state index is -2.56. The Balaban J connectivity index is 1.65. The maximum atomic E-state index is 13.7. The van der Waals surface area contributed by atoms with Gasteiger partial charge in [-0.1, -0.05) is 29.4 Å². The lowest BCUT2D eigenvalue weighted by Crippen LogP contribution is -2.26. The van der Waals surface area contributed by atoms with Crippen LogP contribution in [-0.2, 0) is 6.54 Å². The highest BCUT2D eigenvalue weighted by Gasteiger charge is 2.35. The van der Waals surface area contributed by atoms with Crippen molar-refractivity contribution >= 4 is 16.8 Å². The summed E-state index contributed by atoms with van der Waals surface area (Å²) in [7, 11) is 0. The summed E-state index contributed by atoms with van der Waals surface area (Å²) in [5.41, 5.74) is 6.60. The van der Waals surface area contributed by atoms with E-state index in [2.05, 4.69) is 15.8 Å². The van der Waals surface area contributed by atoms with Gasteiger partial charge in [-0.15, -0.1) is 0 Å². The summed E-state index contributed by atoms with van der Waals surface area (Å²) in [6.45, 7) is 5.95. The molecule has 1 aliphatic rings. The van der Waals surface area contributed by atoms with Crippen LogP contribution < -0.4 is 0 Å².